The van der Waals surface area contributed by atoms with Crippen molar-refractivity contribution in [2.24, 2.45) is 0 Å². The molecule has 2 amide bonds. The molecule has 2 aromatic heterocycles. The van der Waals surface area contributed by atoms with Gasteiger partial charge in [0.1, 0.15) is 36.2 Å². The van der Waals surface area contributed by atoms with Crippen LogP contribution in [-0.2, 0) is 65.1 Å². The number of hydrogen-bond acceptors (Lipinski definition) is 13. The van der Waals surface area contributed by atoms with Crippen molar-refractivity contribution < 1.29 is 52.8 Å². The van der Waals surface area contributed by atoms with Crippen LogP contribution in [0, 0.1) is 0 Å². The molecule has 6 rings (SSSR count). The predicted molar refractivity (Wildman–Crippen MR) is 218 cm³/mol. The molecule has 0 spiro atoms. The Morgan fingerprint density at radius 2 is 1.65 bits per heavy atom. The third-order valence-corrected chi connectivity index (χ3v) is 9.97. The molecule has 2 aromatic carbocycles. The van der Waals surface area contributed by atoms with Crippen LogP contribution in [0.2, 0.25) is 0 Å². The fourth-order valence-electron chi connectivity index (χ4n) is 7.13. The molecule has 2 atom stereocenters. The largest absolute Gasteiger partial charge is 0.514 e. The number of carbonyl (C=O) groups excluding carboxylic acids is 5. The van der Waals surface area contributed by atoms with E-state index >= 15 is 0 Å². The van der Waals surface area contributed by atoms with E-state index in [1.54, 1.807) is 102 Å². The number of amides is 2. The van der Waals surface area contributed by atoms with Crippen LogP contribution < -0.4 is 20.9 Å². The quantitative estimate of drug-likeness (QED) is 0.0758. The normalized spacial score (nSPS) is 16.1. The molecule has 2 aliphatic heterocycles. The van der Waals surface area contributed by atoms with Gasteiger partial charge in [0.15, 0.2) is 5.60 Å². The number of alkyl carbamates (subject to hydrolysis) is 1. The zero-order chi connectivity index (χ0) is 43.7. The summed E-state index contributed by atoms with van der Waals surface area (Å²) < 4.78 is 28.4. The van der Waals surface area contributed by atoms with Crippen molar-refractivity contribution in [1.82, 2.24) is 14.9 Å². The second-order valence-electron chi connectivity index (χ2n) is 16.7. The highest BCUT2D eigenvalue weighted by Crippen LogP contribution is 2.41. The van der Waals surface area contributed by atoms with Gasteiger partial charge in [-0.2, -0.15) is 0 Å². The number of aromatic nitrogens is 2. The SMILES string of the molecule is CCc1c2c(nc3ccc(OC(=O)OCc4ccc(NC(=O)CC[C@H](NC(=O)OC(C)(C)C)C(=O)OC(C)(C)C)cc4)cc13)-c1cc3c(c(=O)n1C2)COC(=O)[C@]3(O)CC. The smallest absolute Gasteiger partial charge is 0.458 e. The summed E-state index contributed by atoms with van der Waals surface area (Å²) in [5, 5.41) is 17.2. The number of esters is 2. The Labute approximate surface area is 346 Å². The molecule has 4 aromatic rings. The number of cyclic esters (lactones) is 1. The Hall–Kier alpha value is -6.29. The number of pyridine rings is 2. The van der Waals surface area contributed by atoms with Gasteiger partial charge in [-0.15, -0.1) is 0 Å². The van der Waals surface area contributed by atoms with Crippen molar-refractivity contribution in [3.63, 3.8) is 0 Å². The van der Waals surface area contributed by atoms with Crippen molar-refractivity contribution in [1.29, 1.82) is 0 Å². The lowest BCUT2D eigenvalue weighted by Crippen LogP contribution is -2.46. The van der Waals surface area contributed by atoms with Crippen molar-refractivity contribution >= 4 is 46.7 Å². The van der Waals surface area contributed by atoms with Crippen LogP contribution in [0.5, 0.6) is 5.75 Å². The van der Waals surface area contributed by atoms with E-state index in [0.717, 1.165) is 16.5 Å². The number of hydrogen-bond donors (Lipinski definition) is 3. The van der Waals surface area contributed by atoms with Gasteiger partial charge in [-0.05, 0) is 108 Å². The van der Waals surface area contributed by atoms with E-state index in [9.17, 15) is 33.9 Å². The van der Waals surface area contributed by atoms with Gasteiger partial charge >= 0.3 is 24.2 Å². The van der Waals surface area contributed by atoms with E-state index < -0.39 is 52.9 Å². The summed E-state index contributed by atoms with van der Waals surface area (Å²) in [5.74, 6) is -1.66. The van der Waals surface area contributed by atoms with E-state index in [4.69, 9.17) is 28.7 Å². The summed E-state index contributed by atoms with van der Waals surface area (Å²) in [6, 6.07) is 12.1. The number of benzene rings is 2. The standard InChI is InChI=1S/C44H50N4O12/c1-9-27-28-19-26(15-16-32(28)46-36-29(27)21-48-34(36)20-31-30(37(48)50)23-56-39(52)44(31,55)10-2)58-41(54)57-22-24-11-13-25(14-12-24)45-35(49)18-17-33(38(51)59-42(3,4)5)47-40(53)60-43(6,7)8/h11-16,19-20,33,55H,9-10,17-18,21-23H2,1-8H3,(H,45,49)(H,47,53)/t33-,44-/m0/s1. The van der Waals surface area contributed by atoms with Crippen LogP contribution in [0.4, 0.5) is 15.3 Å². The van der Waals surface area contributed by atoms with E-state index in [1.807, 2.05) is 6.92 Å². The second-order valence-corrected chi connectivity index (χ2v) is 16.7. The highest BCUT2D eigenvalue weighted by Gasteiger charge is 2.45. The lowest BCUT2D eigenvalue weighted by molar-refractivity contribution is -0.172. The highest BCUT2D eigenvalue weighted by atomic mass is 16.7. The Morgan fingerprint density at radius 3 is 2.30 bits per heavy atom. The van der Waals surface area contributed by atoms with Crippen LogP contribution >= 0.6 is 0 Å². The maximum Gasteiger partial charge on any atom is 0.514 e. The van der Waals surface area contributed by atoms with Gasteiger partial charge in [-0.1, -0.05) is 26.0 Å². The lowest BCUT2D eigenvalue weighted by atomic mass is 9.86. The maximum absolute atomic E-state index is 13.6. The number of ether oxygens (including phenoxy) is 5. The van der Waals surface area contributed by atoms with Gasteiger partial charge in [0.25, 0.3) is 5.56 Å². The van der Waals surface area contributed by atoms with Crippen LogP contribution in [0.1, 0.15) is 102 Å². The molecule has 0 saturated carbocycles. The molecule has 0 saturated heterocycles. The van der Waals surface area contributed by atoms with E-state index in [1.165, 1.54) is 0 Å². The van der Waals surface area contributed by atoms with Gasteiger partial charge < -0.3 is 44.0 Å². The average molecular weight is 827 g/mol. The third-order valence-electron chi connectivity index (χ3n) is 9.97. The summed E-state index contributed by atoms with van der Waals surface area (Å²) in [5.41, 5.74) is 1.08. The molecule has 16 nitrogen and oxygen atoms in total. The van der Waals surface area contributed by atoms with Crippen molar-refractivity contribution in [2.45, 2.75) is 124 Å². The first-order chi connectivity index (χ1) is 28.2. The number of rotatable bonds is 11. The summed E-state index contributed by atoms with van der Waals surface area (Å²) in [6.45, 7) is 13.7. The minimum absolute atomic E-state index is 0.0356. The molecule has 0 fully saturated rings. The minimum atomic E-state index is -1.93. The zero-order valence-corrected chi connectivity index (χ0v) is 35.0. The molecule has 16 heteroatoms. The molecule has 318 valence electrons. The van der Waals surface area contributed by atoms with Crippen molar-refractivity contribution in [2.75, 3.05) is 5.32 Å². The molecule has 0 radical (unpaired) electrons. The first-order valence-electron chi connectivity index (χ1n) is 19.8. The van der Waals surface area contributed by atoms with Gasteiger partial charge in [0.05, 0.1) is 29.0 Å². The molecule has 4 heterocycles. The lowest BCUT2D eigenvalue weighted by Gasteiger charge is -2.31. The van der Waals surface area contributed by atoms with Crippen LogP contribution in [0.3, 0.4) is 0 Å². The first-order valence-corrected chi connectivity index (χ1v) is 19.8. The summed E-state index contributed by atoms with van der Waals surface area (Å²) in [6.07, 6.45) is -1.28. The third kappa shape index (κ3) is 9.44. The molecule has 0 aliphatic carbocycles. The molecular weight excluding hydrogens is 776 g/mol. The van der Waals surface area contributed by atoms with E-state index in [0.29, 0.717) is 34.6 Å². The molecule has 2 aliphatic rings. The Kier molecular flexibility index (Phi) is 12.1. The van der Waals surface area contributed by atoms with Gasteiger partial charge in [-0.25, -0.2) is 24.2 Å². The van der Waals surface area contributed by atoms with Crippen LogP contribution in [-0.4, -0.2) is 62.0 Å². The first kappa shape index (κ1) is 43.3. The predicted octanol–water partition coefficient (Wildman–Crippen LogP) is 6.31. The Morgan fingerprint density at radius 1 is 0.950 bits per heavy atom. The van der Waals surface area contributed by atoms with Gasteiger partial charge in [-0.3, -0.25) is 9.59 Å². The molecule has 60 heavy (non-hydrogen) atoms. The Balaban J connectivity index is 1.06. The van der Waals surface area contributed by atoms with Crippen molar-refractivity contribution in [3.8, 4) is 17.1 Å². The van der Waals surface area contributed by atoms with E-state index in [2.05, 4.69) is 10.6 Å². The molecular formula is C44H50N4O12. The van der Waals surface area contributed by atoms with Gasteiger partial charge in [0, 0.05) is 28.6 Å². The minimum Gasteiger partial charge on any atom is -0.458 e. The second kappa shape index (κ2) is 16.8. The number of anilines is 1. The maximum atomic E-state index is 13.6. The molecule has 0 unspecified atom stereocenters. The molecule has 3 N–H and O–H groups in total. The Bertz CT molecular complexity index is 2430. The topological polar surface area (TPSA) is 211 Å². The fraction of sp³-hybridized carbons (Fsp3) is 0.432. The number of aliphatic hydroxyl groups is 1. The zero-order valence-electron chi connectivity index (χ0n) is 35.0. The molecule has 0 bridgehead atoms. The number of aryl methyl sites for hydroxylation is 1. The number of carbonyl (C=O) groups is 5. The van der Waals surface area contributed by atoms with Crippen LogP contribution in [0.15, 0.2) is 53.3 Å². The van der Waals surface area contributed by atoms with Crippen molar-refractivity contribution in [3.05, 3.63) is 86.7 Å². The van der Waals surface area contributed by atoms with Crippen LogP contribution in [0.25, 0.3) is 22.3 Å². The monoisotopic (exact) mass is 826 g/mol. The highest BCUT2D eigenvalue weighted by molar-refractivity contribution is 5.92. The number of nitrogens with zero attached hydrogens (tertiary/aromatic N) is 2. The number of nitrogens with one attached hydrogen (secondary N) is 2. The van der Waals surface area contributed by atoms with E-state index in [-0.39, 0.29) is 61.5 Å². The number of fused-ring (bicyclic) bond motifs is 5. The van der Waals surface area contributed by atoms with Gasteiger partial charge in [0.2, 0.25) is 5.91 Å². The fourth-order valence-corrected chi connectivity index (χ4v) is 7.13. The summed E-state index contributed by atoms with van der Waals surface area (Å²) >= 11 is 0. The summed E-state index contributed by atoms with van der Waals surface area (Å²) in [4.78, 5) is 81.9. The summed E-state index contributed by atoms with van der Waals surface area (Å²) in [7, 11) is 0. The average Bonchev–Trinajstić information content (AvgIpc) is 3.54.